The van der Waals surface area contributed by atoms with Crippen LogP contribution in [0, 0.1) is 13.8 Å². The molecule has 0 unspecified atom stereocenters. The standard InChI is InChI=1S/C18H32N2O2SSi/c1-13-10-14(2)20(19-13)8-9-23-17-12-15(21)11-16(17)22-24(6,7)18(3,4)5/h10,16-17H,8-9,11-12H2,1-7H3/t16-,17-/m0/s1. The summed E-state index contributed by atoms with van der Waals surface area (Å²) in [5.74, 6) is 1.32. The third kappa shape index (κ3) is 4.73. The Morgan fingerprint density at radius 1 is 1.33 bits per heavy atom. The Morgan fingerprint density at radius 3 is 2.54 bits per heavy atom. The third-order valence-corrected chi connectivity index (χ3v) is 11.1. The molecule has 1 heterocycles. The van der Waals surface area contributed by atoms with Crippen molar-refractivity contribution in [1.29, 1.82) is 0 Å². The molecule has 4 nitrogen and oxygen atoms in total. The van der Waals surface area contributed by atoms with Crippen molar-refractivity contribution < 1.29 is 9.22 Å². The molecule has 6 heteroatoms. The molecule has 2 rings (SSSR count). The lowest BCUT2D eigenvalue weighted by Gasteiger charge is -2.39. The van der Waals surface area contributed by atoms with Gasteiger partial charge in [-0.1, -0.05) is 20.8 Å². The van der Waals surface area contributed by atoms with Crippen molar-refractivity contribution in [3.8, 4) is 0 Å². The van der Waals surface area contributed by atoms with E-state index >= 15 is 0 Å². The summed E-state index contributed by atoms with van der Waals surface area (Å²) in [6.07, 6.45) is 1.33. The average molecular weight is 369 g/mol. The lowest BCUT2D eigenvalue weighted by Crippen LogP contribution is -2.45. The Labute approximate surface area is 151 Å². The van der Waals surface area contributed by atoms with Crippen LogP contribution in [0.2, 0.25) is 18.1 Å². The fraction of sp³-hybridized carbons (Fsp3) is 0.778. The number of ketones is 1. The lowest BCUT2D eigenvalue weighted by atomic mass is 10.2. The van der Waals surface area contributed by atoms with Gasteiger partial charge in [-0.05, 0) is 38.0 Å². The summed E-state index contributed by atoms with van der Waals surface area (Å²) in [6.45, 7) is 16.3. The van der Waals surface area contributed by atoms with E-state index in [-0.39, 0.29) is 11.1 Å². The van der Waals surface area contributed by atoms with E-state index < -0.39 is 8.32 Å². The van der Waals surface area contributed by atoms with Crippen LogP contribution in [-0.2, 0) is 15.8 Å². The van der Waals surface area contributed by atoms with Crippen LogP contribution in [0.4, 0.5) is 0 Å². The van der Waals surface area contributed by atoms with Crippen LogP contribution in [0.3, 0.4) is 0 Å². The van der Waals surface area contributed by atoms with Gasteiger partial charge < -0.3 is 4.43 Å². The number of aromatic nitrogens is 2. The molecule has 1 saturated carbocycles. The van der Waals surface area contributed by atoms with Gasteiger partial charge in [0, 0.05) is 29.5 Å². The zero-order valence-electron chi connectivity index (χ0n) is 16.2. The molecule has 0 spiro atoms. The summed E-state index contributed by atoms with van der Waals surface area (Å²) in [5, 5.41) is 4.99. The van der Waals surface area contributed by atoms with Crippen molar-refractivity contribution in [2.45, 2.75) is 83.5 Å². The van der Waals surface area contributed by atoms with Gasteiger partial charge in [0.2, 0.25) is 0 Å². The Hall–Kier alpha value is -0.593. The second-order valence-corrected chi connectivity index (χ2v) is 14.5. The summed E-state index contributed by atoms with van der Waals surface area (Å²) in [4.78, 5) is 12.0. The summed E-state index contributed by atoms with van der Waals surface area (Å²) in [6, 6.07) is 2.10. The molecule has 0 aliphatic heterocycles. The minimum absolute atomic E-state index is 0.0869. The summed E-state index contributed by atoms with van der Waals surface area (Å²) >= 11 is 1.88. The number of nitrogens with zero attached hydrogens (tertiary/aromatic N) is 2. The second-order valence-electron chi connectivity index (χ2n) is 8.42. The number of aryl methyl sites for hydroxylation is 3. The van der Waals surface area contributed by atoms with Gasteiger partial charge >= 0.3 is 0 Å². The summed E-state index contributed by atoms with van der Waals surface area (Å²) < 4.78 is 8.61. The van der Waals surface area contributed by atoms with Crippen LogP contribution < -0.4 is 0 Å². The molecule has 24 heavy (non-hydrogen) atoms. The highest BCUT2D eigenvalue weighted by molar-refractivity contribution is 8.00. The molecule has 1 aromatic heterocycles. The highest BCUT2D eigenvalue weighted by Crippen LogP contribution is 2.41. The first-order valence-electron chi connectivity index (χ1n) is 8.82. The van der Waals surface area contributed by atoms with Gasteiger partial charge in [0.05, 0.1) is 18.3 Å². The van der Waals surface area contributed by atoms with Crippen molar-refractivity contribution in [2.24, 2.45) is 0 Å². The summed E-state index contributed by atoms with van der Waals surface area (Å²) in [5.41, 5.74) is 2.26. The van der Waals surface area contributed by atoms with Gasteiger partial charge in [-0.3, -0.25) is 9.48 Å². The van der Waals surface area contributed by atoms with Gasteiger partial charge in [-0.15, -0.1) is 0 Å². The number of rotatable bonds is 6. The van der Waals surface area contributed by atoms with Crippen molar-refractivity contribution >= 4 is 25.9 Å². The third-order valence-electron chi connectivity index (χ3n) is 5.26. The molecule has 0 aromatic carbocycles. The molecule has 1 aliphatic carbocycles. The van der Waals surface area contributed by atoms with Crippen LogP contribution >= 0.6 is 11.8 Å². The Balaban J connectivity index is 1.93. The molecular formula is C18H32N2O2SSi. The largest absolute Gasteiger partial charge is 0.412 e. The minimum Gasteiger partial charge on any atom is -0.412 e. The molecule has 0 radical (unpaired) electrons. The topological polar surface area (TPSA) is 44.1 Å². The maximum Gasteiger partial charge on any atom is 0.192 e. The van der Waals surface area contributed by atoms with Crippen molar-refractivity contribution in [3.05, 3.63) is 17.5 Å². The molecular weight excluding hydrogens is 336 g/mol. The Bertz CT molecular complexity index is 592. The van der Waals surface area contributed by atoms with Gasteiger partial charge in [-0.25, -0.2) is 0 Å². The van der Waals surface area contributed by atoms with Crippen LogP contribution in [0.25, 0.3) is 0 Å². The quantitative estimate of drug-likeness (QED) is 0.700. The average Bonchev–Trinajstić information content (AvgIpc) is 2.91. The number of hydrogen-bond acceptors (Lipinski definition) is 4. The molecule has 1 fully saturated rings. The number of Topliss-reactive ketones (excluding diaryl/α,β-unsaturated/α-hetero) is 1. The Morgan fingerprint density at radius 2 is 2.00 bits per heavy atom. The first-order valence-corrected chi connectivity index (χ1v) is 12.8. The maximum absolute atomic E-state index is 12.0. The van der Waals surface area contributed by atoms with Crippen LogP contribution in [0.1, 0.15) is 45.0 Å². The molecule has 136 valence electrons. The van der Waals surface area contributed by atoms with Gasteiger partial charge in [0.25, 0.3) is 0 Å². The zero-order valence-corrected chi connectivity index (χ0v) is 18.0. The second kappa shape index (κ2) is 7.34. The van der Waals surface area contributed by atoms with E-state index in [4.69, 9.17) is 4.43 Å². The molecule has 0 N–H and O–H groups in total. The number of thioether (sulfide) groups is 1. The molecule has 2 atom stereocenters. The van der Waals surface area contributed by atoms with Crippen LogP contribution in [0.15, 0.2) is 6.07 Å². The van der Waals surface area contributed by atoms with Gasteiger partial charge in [-0.2, -0.15) is 16.9 Å². The maximum atomic E-state index is 12.0. The Kier molecular flexibility index (Phi) is 6.03. The molecule has 0 amide bonds. The van der Waals surface area contributed by atoms with E-state index in [9.17, 15) is 4.79 Å². The van der Waals surface area contributed by atoms with Crippen molar-refractivity contribution in [2.75, 3.05) is 5.75 Å². The minimum atomic E-state index is -1.83. The van der Waals surface area contributed by atoms with E-state index in [1.165, 1.54) is 5.69 Å². The number of hydrogen-bond donors (Lipinski definition) is 0. The summed E-state index contributed by atoms with van der Waals surface area (Å²) in [7, 11) is -1.83. The van der Waals surface area contributed by atoms with Crippen LogP contribution in [0.5, 0.6) is 0 Å². The highest BCUT2D eigenvalue weighted by Gasteiger charge is 2.43. The van der Waals surface area contributed by atoms with E-state index in [0.29, 0.717) is 23.9 Å². The molecule has 0 saturated heterocycles. The van der Waals surface area contributed by atoms with Crippen molar-refractivity contribution in [1.82, 2.24) is 9.78 Å². The molecule has 1 aliphatic rings. The smallest absolute Gasteiger partial charge is 0.192 e. The fourth-order valence-corrected chi connectivity index (χ4v) is 5.53. The molecule has 1 aromatic rings. The fourth-order valence-electron chi connectivity index (χ4n) is 2.83. The lowest BCUT2D eigenvalue weighted by molar-refractivity contribution is -0.117. The van der Waals surface area contributed by atoms with Crippen molar-refractivity contribution in [3.63, 3.8) is 0 Å². The van der Waals surface area contributed by atoms with E-state index in [0.717, 1.165) is 18.0 Å². The van der Waals surface area contributed by atoms with E-state index in [1.54, 1.807) is 0 Å². The highest BCUT2D eigenvalue weighted by atomic mass is 32.2. The van der Waals surface area contributed by atoms with Gasteiger partial charge in [0.1, 0.15) is 5.78 Å². The predicted octanol–water partition coefficient (Wildman–Crippen LogP) is 4.36. The monoisotopic (exact) mass is 368 g/mol. The number of carbonyl (C=O) groups is 1. The predicted molar refractivity (Wildman–Crippen MR) is 104 cm³/mol. The van der Waals surface area contributed by atoms with E-state index in [1.807, 2.05) is 18.7 Å². The van der Waals surface area contributed by atoms with Crippen LogP contribution in [-0.4, -0.2) is 41.0 Å². The normalized spacial score (nSPS) is 22.4. The first kappa shape index (κ1) is 19.7. The zero-order chi connectivity index (χ0) is 18.1. The SMILES string of the molecule is Cc1cc(C)n(CCS[C@H]2CC(=O)C[C@@H]2O[Si](C)(C)C(C)(C)C)n1. The first-order chi connectivity index (χ1) is 11.0. The van der Waals surface area contributed by atoms with E-state index in [2.05, 4.69) is 56.6 Å². The molecule has 0 bridgehead atoms. The number of carbonyl (C=O) groups excluding carboxylic acids is 1. The van der Waals surface area contributed by atoms with Gasteiger partial charge in [0.15, 0.2) is 8.32 Å².